The maximum absolute atomic E-state index is 12.7. The third-order valence-corrected chi connectivity index (χ3v) is 4.97. The van der Waals surface area contributed by atoms with E-state index in [4.69, 9.17) is 16.3 Å². The Bertz CT molecular complexity index is 623. The number of halogens is 1. The van der Waals surface area contributed by atoms with Crippen LogP contribution in [0, 0.1) is 10.1 Å². The first kappa shape index (κ1) is 16.2. The number of nitro groups is 1. The summed E-state index contributed by atoms with van der Waals surface area (Å²) in [4.78, 5) is 24.8. The van der Waals surface area contributed by atoms with E-state index >= 15 is 0 Å². The van der Waals surface area contributed by atoms with Crippen molar-refractivity contribution in [2.75, 3.05) is 19.7 Å². The summed E-state index contributed by atoms with van der Waals surface area (Å²) in [7, 11) is 0. The van der Waals surface area contributed by atoms with Crippen molar-refractivity contribution in [1.29, 1.82) is 0 Å². The second kappa shape index (κ2) is 6.45. The lowest BCUT2D eigenvalue weighted by Crippen LogP contribution is -2.53. The Kier molecular flexibility index (Phi) is 4.55. The van der Waals surface area contributed by atoms with Crippen LogP contribution >= 0.6 is 11.6 Å². The van der Waals surface area contributed by atoms with Gasteiger partial charge in [-0.2, -0.15) is 0 Å². The number of piperidine rings is 1. The molecule has 6 nitrogen and oxygen atoms in total. The van der Waals surface area contributed by atoms with E-state index < -0.39 is 4.92 Å². The van der Waals surface area contributed by atoms with Crippen LogP contribution in [-0.4, -0.2) is 41.0 Å². The van der Waals surface area contributed by atoms with E-state index in [9.17, 15) is 14.9 Å². The van der Waals surface area contributed by atoms with Gasteiger partial charge in [0.25, 0.3) is 11.6 Å². The predicted octanol–water partition coefficient (Wildman–Crippen LogP) is 3.42. The SMILES string of the molecule is O=C(c1ccc([N+](=O)[O-])cc1Cl)N1CCCC2(CCCCO2)C1. The number of carbonyl (C=O) groups excluding carboxylic acids is 1. The second-order valence-corrected chi connectivity index (χ2v) is 6.65. The van der Waals surface area contributed by atoms with Crippen LogP contribution in [0.25, 0.3) is 0 Å². The number of nitrogens with zero attached hydrogens (tertiary/aromatic N) is 2. The van der Waals surface area contributed by atoms with Gasteiger partial charge in [-0.05, 0) is 38.2 Å². The highest BCUT2D eigenvalue weighted by Gasteiger charge is 2.39. The fourth-order valence-corrected chi connectivity index (χ4v) is 3.72. The number of hydrogen-bond acceptors (Lipinski definition) is 4. The first-order chi connectivity index (χ1) is 11.0. The number of rotatable bonds is 2. The number of likely N-dealkylation sites (tertiary alicyclic amines) is 1. The van der Waals surface area contributed by atoms with Crippen LogP contribution in [0.1, 0.15) is 42.5 Å². The van der Waals surface area contributed by atoms with Crippen LogP contribution < -0.4 is 0 Å². The fraction of sp³-hybridized carbons (Fsp3) is 0.562. The lowest BCUT2D eigenvalue weighted by atomic mass is 9.85. The van der Waals surface area contributed by atoms with E-state index in [2.05, 4.69) is 0 Å². The average Bonchev–Trinajstić information content (AvgIpc) is 2.55. The van der Waals surface area contributed by atoms with E-state index in [1.54, 1.807) is 4.90 Å². The number of benzene rings is 1. The van der Waals surface area contributed by atoms with Crippen LogP contribution in [0.2, 0.25) is 5.02 Å². The van der Waals surface area contributed by atoms with Gasteiger partial charge in [0.1, 0.15) is 0 Å². The Morgan fingerprint density at radius 3 is 2.74 bits per heavy atom. The minimum absolute atomic E-state index is 0.114. The van der Waals surface area contributed by atoms with Gasteiger partial charge in [-0.15, -0.1) is 0 Å². The summed E-state index contributed by atoms with van der Waals surface area (Å²) >= 11 is 6.08. The third-order valence-electron chi connectivity index (χ3n) is 4.66. The molecule has 3 rings (SSSR count). The molecular weight excluding hydrogens is 320 g/mol. The molecule has 7 heteroatoms. The zero-order valence-corrected chi connectivity index (χ0v) is 13.6. The minimum Gasteiger partial charge on any atom is -0.373 e. The normalized spacial score (nSPS) is 24.7. The molecule has 1 unspecified atom stereocenters. The van der Waals surface area contributed by atoms with Crippen molar-refractivity contribution >= 4 is 23.2 Å². The van der Waals surface area contributed by atoms with Crippen molar-refractivity contribution in [2.45, 2.75) is 37.7 Å². The van der Waals surface area contributed by atoms with Crippen LogP contribution in [0.4, 0.5) is 5.69 Å². The molecule has 2 fully saturated rings. The number of non-ortho nitro benzene ring substituents is 1. The summed E-state index contributed by atoms with van der Waals surface area (Å²) in [5.74, 6) is -0.182. The Balaban J connectivity index is 1.78. The van der Waals surface area contributed by atoms with Crippen molar-refractivity contribution in [3.8, 4) is 0 Å². The molecule has 1 spiro atoms. The van der Waals surface area contributed by atoms with Crippen molar-refractivity contribution in [2.24, 2.45) is 0 Å². The van der Waals surface area contributed by atoms with Gasteiger partial charge in [0.2, 0.25) is 0 Å². The van der Waals surface area contributed by atoms with Crippen molar-refractivity contribution in [3.05, 3.63) is 38.9 Å². The summed E-state index contributed by atoms with van der Waals surface area (Å²) in [6.45, 7) is 1.98. The monoisotopic (exact) mass is 338 g/mol. The topological polar surface area (TPSA) is 72.7 Å². The zero-order chi connectivity index (χ0) is 16.4. The maximum Gasteiger partial charge on any atom is 0.270 e. The van der Waals surface area contributed by atoms with Gasteiger partial charge >= 0.3 is 0 Å². The molecule has 1 atom stereocenters. The van der Waals surface area contributed by atoms with Gasteiger partial charge in [-0.3, -0.25) is 14.9 Å². The van der Waals surface area contributed by atoms with Crippen LogP contribution in [0.3, 0.4) is 0 Å². The number of nitro benzene ring substituents is 1. The molecule has 1 aromatic rings. The highest BCUT2D eigenvalue weighted by Crippen LogP contribution is 2.34. The molecule has 0 aliphatic carbocycles. The third kappa shape index (κ3) is 3.33. The second-order valence-electron chi connectivity index (χ2n) is 6.24. The van der Waals surface area contributed by atoms with Gasteiger partial charge in [-0.25, -0.2) is 0 Å². The molecule has 23 heavy (non-hydrogen) atoms. The van der Waals surface area contributed by atoms with Crippen LogP contribution in [0.15, 0.2) is 18.2 Å². The largest absolute Gasteiger partial charge is 0.373 e. The van der Waals surface area contributed by atoms with E-state index in [1.165, 1.54) is 18.2 Å². The number of carbonyl (C=O) groups is 1. The van der Waals surface area contributed by atoms with Gasteiger partial charge in [0, 0.05) is 31.8 Å². The summed E-state index contributed by atoms with van der Waals surface area (Å²) in [5.41, 5.74) is -0.0261. The molecule has 2 saturated heterocycles. The first-order valence-corrected chi connectivity index (χ1v) is 8.26. The average molecular weight is 339 g/mol. The summed E-state index contributed by atoms with van der Waals surface area (Å²) < 4.78 is 5.99. The highest BCUT2D eigenvalue weighted by molar-refractivity contribution is 6.34. The number of amides is 1. The lowest BCUT2D eigenvalue weighted by molar-refractivity contribution is -0.384. The van der Waals surface area contributed by atoms with Gasteiger partial charge in [-0.1, -0.05) is 11.6 Å². The molecule has 2 aliphatic heterocycles. The number of ether oxygens (including phenoxy) is 1. The highest BCUT2D eigenvalue weighted by atomic mass is 35.5. The van der Waals surface area contributed by atoms with E-state index in [0.717, 1.165) is 38.7 Å². The fourth-order valence-electron chi connectivity index (χ4n) is 3.46. The molecule has 0 radical (unpaired) electrons. The molecule has 1 amide bonds. The molecule has 0 saturated carbocycles. The van der Waals surface area contributed by atoms with E-state index in [-0.39, 0.29) is 22.2 Å². The zero-order valence-electron chi connectivity index (χ0n) is 12.8. The van der Waals surface area contributed by atoms with Crippen molar-refractivity contribution in [3.63, 3.8) is 0 Å². The Morgan fingerprint density at radius 1 is 1.30 bits per heavy atom. The molecule has 0 bridgehead atoms. The summed E-state index contributed by atoms with van der Waals surface area (Å²) in [5, 5.41) is 10.9. The quantitative estimate of drug-likeness (QED) is 0.611. The molecule has 2 heterocycles. The maximum atomic E-state index is 12.7. The molecule has 1 aromatic carbocycles. The smallest absolute Gasteiger partial charge is 0.270 e. The van der Waals surface area contributed by atoms with Crippen molar-refractivity contribution in [1.82, 2.24) is 4.90 Å². The molecular formula is C16H19ClN2O4. The Labute approximate surface area is 139 Å². The van der Waals surface area contributed by atoms with E-state index in [0.29, 0.717) is 18.7 Å². The summed E-state index contributed by atoms with van der Waals surface area (Å²) in [6, 6.07) is 3.98. The molecule has 0 aromatic heterocycles. The van der Waals surface area contributed by atoms with Gasteiger partial charge in [0.15, 0.2) is 0 Å². The van der Waals surface area contributed by atoms with E-state index in [1.807, 2.05) is 0 Å². The molecule has 0 N–H and O–H groups in total. The van der Waals surface area contributed by atoms with Gasteiger partial charge in [0.05, 0.1) is 21.1 Å². The van der Waals surface area contributed by atoms with Crippen LogP contribution in [0.5, 0.6) is 0 Å². The van der Waals surface area contributed by atoms with Crippen molar-refractivity contribution < 1.29 is 14.5 Å². The lowest BCUT2D eigenvalue weighted by Gasteiger charge is -2.45. The minimum atomic E-state index is -0.522. The number of hydrogen-bond donors (Lipinski definition) is 0. The standard InChI is InChI=1S/C16H19ClN2O4/c17-14-10-12(19(21)22)4-5-13(14)15(20)18-8-3-7-16(11-18)6-1-2-9-23-16/h4-5,10H,1-3,6-9,11H2. The molecule has 2 aliphatic rings. The predicted molar refractivity (Wildman–Crippen MR) is 85.8 cm³/mol. The van der Waals surface area contributed by atoms with Gasteiger partial charge < -0.3 is 9.64 Å². The van der Waals surface area contributed by atoms with Crippen LogP contribution in [-0.2, 0) is 4.74 Å². The first-order valence-electron chi connectivity index (χ1n) is 7.88. The Morgan fingerprint density at radius 2 is 2.09 bits per heavy atom. The summed E-state index contributed by atoms with van der Waals surface area (Å²) in [6.07, 6.45) is 5.05. The Hall–Kier alpha value is -1.66. The molecule has 124 valence electrons.